The molecule has 0 unspecified atom stereocenters. The number of benzene rings is 2. The lowest BCUT2D eigenvalue weighted by atomic mass is 9.88. The fourth-order valence-corrected chi connectivity index (χ4v) is 4.41. The maximum absolute atomic E-state index is 13.0. The number of nitrogens with one attached hydrogen (secondary N) is 1. The molecule has 2 aromatic rings. The number of anilines is 2. The average Bonchev–Trinajstić information content (AvgIpc) is 3.08. The van der Waals surface area contributed by atoms with Crippen LogP contribution in [0.15, 0.2) is 46.6 Å². The standard InChI is InChI=1S/C25H28F3N5O2/c1-15-7-8-19(13-16(15)2)33-24(35)22(17(3)31-33)30-29-21-6-4-5-20(23(21)34)18-9-11-32(12-10-18)14-25(26,27)28/h4-8,13,18,29,34H,9-12,14H2,1-3H3. The number of nitrogens with zero attached hydrogens (tertiary/aromatic N) is 4. The van der Waals surface area contributed by atoms with E-state index in [0.717, 1.165) is 11.1 Å². The summed E-state index contributed by atoms with van der Waals surface area (Å²) in [5, 5.41) is 20.7. The molecule has 35 heavy (non-hydrogen) atoms. The van der Waals surface area contributed by atoms with E-state index in [1.165, 1.54) is 9.91 Å². The Labute approximate surface area is 201 Å². The van der Waals surface area contributed by atoms with Crippen LogP contribution in [0, 0.1) is 13.8 Å². The molecule has 10 heteroatoms. The van der Waals surface area contributed by atoms with Gasteiger partial charge in [0, 0.05) is 0 Å². The van der Waals surface area contributed by atoms with Gasteiger partial charge >= 0.3 is 12.1 Å². The van der Waals surface area contributed by atoms with Gasteiger partial charge in [-0.15, -0.1) is 0 Å². The van der Waals surface area contributed by atoms with Crippen LogP contribution in [0.4, 0.5) is 24.5 Å². The fourth-order valence-electron chi connectivity index (χ4n) is 4.41. The third-order valence-electron chi connectivity index (χ3n) is 6.51. The van der Waals surface area contributed by atoms with Crippen LogP contribution in [-0.2, 0) is 4.79 Å². The molecule has 0 saturated carbocycles. The number of carbonyl (C=O) groups excluding carboxylic acids is 1. The summed E-state index contributed by atoms with van der Waals surface area (Å²) in [7, 11) is 0. The SMILES string of the molecule is CC1=NN(c2ccc(C)c(C)c2)C(=O)C1=NNc1cccc(C2CCN(CC(F)(F)F)CC2)c1O. The Bertz CT molecular complexity index is 1180. The number of hydrogen-bond acceptors (Lipinski definition) is 6. The molecule has 0 spiro atoms. The summed E-state index contributed by atoms with van der Waals surface area (Å²) < 4.78 is 38.0. The summed E-state index contributed by atoms with van der Waals surface area (Å²) >= 11 is 0. The van der Waals surface area contributed by atoms with Crippen molar-refractivity contribution in [3.63, 3.8) is 0 Å². The summed E-state index contributed by atoms with van der Waals surface area (Å²) in [5.74, 6) is -0.464. The highest BCUT2D eigenvalue weighted by atomic mass is 19.4. The normalized spacial score (nSPS) is 18.9. The number of phenols is 1. The van der Waals surface area contributed by atoms with Crippen molar-refractivity contribution < 1.29 is 23.1 Å². The summed E-state index contributed by atoms with van der Waals surface area (Å²) in [6.45, 7) is 5.33. The molecule has 0 aliphatic carbocycles. The molecular formula is C25H28F3N5O2. The van der Waals surface area contributed by atoms with Crippen LogP contribution in [0.3, 0.4) is 0 Å². The largest absolute Gasteiger partial charge is 0.505 e. The van der Waals surface area contributed by atoms with Crippen molar-refractivity contribution in [2.75, 3.05) is 30.1 Å². The third kappa shape index (κ3) is 5.48. The number of amides is 1. The van der Waals surface area contributed by atoms with Crippen LogP contribution in [-0.4, -0.2) is 53.1 Å². The minimum absolute atomic E-state index is 0.0165. The van der Waals surface area contributed by atoms with Gasteiger partial charge in [-0.25, -0.2) is 0 Å². The molecule has 0 bridgehead atoms. The van der Waals surface area contributed by atoms with Gasteiger partial charge in [-0.05, 0) is 87.5 Å². The van der Waals surface area contributed by atoms with Crippen molar-refractivity contribution in [1.82, 2.24) is 4.90 Å². The molecule has 1 fully saturated rings. The van der Waals surface area contributed by atoms with Gasteiger partial charge in [0.2, 0.25) is 0 Å². The van der Waals surface area contributed by atoms with Crippen molar-refractivity contribution in [2.24, 2.45) is 10.2 Å². The Balaban J connectivity index is 1.46. The number of para-hydroxylation sites is 1. The third-order valence-corrected chi connectivity index (χ3v) is 6.51. The Hall–Kier alpha value is -3.40. The predicted molar refractivity (Wildman–Crippen MR) is 130 cm³/mol. The Kier molecular flexibility index (Phi) is 6.84. The zero-order chi connectivity index (χ0) is 25.3. The molecule has 1 amide bonds. The van der Waals surface area contributed by atoms with E-state index in [9.17, 15) is 23.1 Å². The van der Waals surface area contributed by atoms with Gasteiger partial charge in [0.15, 0.2) is 5.71 Å². The van der Waals surface area contributed by atoms with Gasteiger partial charge in [0.1, 0.15) is 5.75 Å². The first-order valence-electron chi connectivity index (χ1n) is 11.5. The molecular weight excluding hydrogens is 459 g/mol. The number of rotatable bonds is 5. The van der Waals surface area contributed by atoms with E-state index in [1.54, 1.807) is 25.1 Å². The lowest BCUT2D eigenvalue weighted by molar-refractivity contribution is -0.148. The summed E-state index contributed by atoms with van der Waals surface area (Å²) in [5.41, 5.74) is 7.11. The maximum atomic E-state index is 13.0. The first-order valence-corrected chi connectivity index (χ1v) is 11.5. The average molecular weight is 488 g/mol. The second-order valence-corrected chi connectivity index (χ2v) is 9.05. The number of halogens is 3. The van der Waals surface area contributed by atoms with Crippen molar-refractivity contribution in [1.29, 1.82) is 0 Å². The molecule has 2 aromatic carbocycles. The van der Waals surface area contributed by atoms with Gasteiger partial charge in [0.05, 0.1) is 23.6 Å². The molecule has 4 rings (SSSR count). The number of aryl methyl sites for hydroxylation is 2. The highest BCUT2D eigenvalue weighted by Crippen LogP contribution is 2.38. The van der Waals surface area contributed by atoms with Crippen LogP contribution in [0.1, 0.15) is 42.4 Å². The highest BCUT2D eigenvalue weighted by molar-refractivity contribution is 6.71. The number of alkyl halides is 3. The van der Waals surface area contributed by atoms with Crippen molar-refractivity contribution in [3.05, 3.63) is 53.1 Å². The maximum Gasteiger partial charge on any atom is 0.401 e. The van der Waals surface area contributed by atoms with Crippen LogP contribution < -0.4 is 10.4 Å². The molecule has 2 N–H and O–H groups in total. The number of piperidine rings is 1. The molecule has 2 aliphatic heterocycles. The van der Waals surface area contributed by atoms with E-state index in [-0.39, 0.29) is 23.3 Å². The second kappa shape index (κ2) is 9.69. The molecule has 2 heterocycles. The van der Waals surface area contributed by atoms with Gasteiger partial charge < -0.3 is 5.11 Å². The van der Waals surface area contributed by atoms with Crippen molar-refractivity contribution >= 4 is 28.7 Å². The van der Waals surface area contributed by atoms with E-state index in [1.807, 2.05) is 32.0 Å². The number of likely N-dealkylation sites (tertiary alicyclic amines) is 1. The molecule has 7 nitrogen and oxygen atoms in total. The number of hydrazone groups is 2. The predicted octanol–water partition coefficient (Wildman–Crippen LogP) is 4.94. The van der Waals surface area contributed by atoms with Crippen LogP contribution in [0.5, 0.6) is 5.75 Å². The monoisotopic (exact) mass is 487 g/mol. The first-order chi connectivity index (χ1) is 16.5. The van der Waals surface area contributed by atoms with Crippen LogP contribution >= 0.6 is 0 Å². The van der Waals surface area contributed by atoms with E-state index in [4.69, 9.17) is 0 Å². The number of hydrogen-bond donors (Lipinski definition) is 2. The van der Waals surface area contributed by atoms with E-state index >= 15 is 0 Å². The first kappa shape index (κ1) is 24.7. The number of aromatic hydroxyl groups is 1. The quantitative estimate of drug-likeness (QED) is 0.463. The van der Waals surface area contributed by atoms with Gasteiger partial charge in [0.25, 0.3) is 0 Å². The van der Waals surface area contributed by atoms with Crippen LogP contribution in [0.2, 0.25) is 0 Å². The zero-order valence-electron chi connectivity index (χ0n) is 19.9. The Morgan fingerprint density at radius 3 is 2.49 bits per heavy atom. The minimum Gasteiger partial charge on any atom is -0.505 e. The highest BCUT2D eigenvalue weighted by Gasteiger charge is 2.34. The molecule has 186 valence electrons. The van der Waals surface area contributed by atoms with Gasteiger partial charge in [-0.2, -0.15) is 28.4 Å². The van der Waals surface area contributed by atoms with Gasteiger partial charge in [-0.1, -0.05) is 18.2 Å². The summed E-state index contributed by atoms with van der Waals surface area (Å²) in [4.78, 5) is 14.3. The molecule has 0 radical (unpaired) electrons. The van der Waals surface area contributed by atoms with Crippen LogP contribution in [0.25, 0.3) is 0 Å². The number of phenolic OH excluding ortho intramolecular Hbond substituents is 1. The Morgan fingerprint density at radius 2 is 1.83 bits per heavy atom. The molecule has 0 aromatic heterocycles. The smallest absolute Gasteiger partial charge is 0.401 e. The van der Waals surface area contributed by atoms with Crippen molar-refractivity contribution in [3.8, 4) is 5.75 Å². The summed E-state index contributed by atoms with van der Waals surface area (Å²) in [6, 6.07) is 10.8. The van der Waals surface area contributed by atoms with E-state index in [0.29, 0.717) is 48.6 Å². The topological polar surface area (TPSA) is 80.5 Å². The van der Waals surface area contributed by atoms with Gasteiger partial charge in [-0.3, -0.25) is 15.1 Å². The fraction of sp³-hybridized carbons (Fsp3) is 0.400. The lowest BCUT2D eigenvalue weighted by Crippen LogP contribution is -2.39. The zero-order valence-corrected chi connectivity index (χ0v) is 19.9. The number of carbonyl (C=O) groups is 1. The summed E-state index contributed by atoms with van der Waals surface area (Å²) in [6.07, 6.45) is -3.20. The lowest BCUT2D eigenvalue weighted by Gasteiger charge is -2.32. The second-order valence-electron chi connectivity index (χ2n) is 9.05. The molecule has 2 aliphatic rings. The van der Waals surface area contributed by atoms with E-state index in [2.05, 4.69) is 15.6 Å². The van der Waals surface area contributed by atoms with E-state index < -0.39 is 12.7 Å². The minimum atomic E-state index is -4.22. The molecule has 1 saturated heterocycles. The van der Waals surface area contributed by atoms with Crippen molar-refractivity contribution in [2.45, 2.75) is 45.7 Å². The Morgan fingerprint density at radius 1 is 1.11 bits per heavy atom. The molecule has 0 atom stereocenters.